The average Bonchev–Trinajstić information content (AvgIpc) is 3.01. The van der Waals surface area contributed by atoms with Gasteiger partial charge in [-0.05, 0) is 31.9 Å². The van der Waals surface area contributed by atoms with E-state index in [9.17, 15) is 4.79 Å². The molecule has 1 aromatic rings. The van der Waals surface area contributed by atoms with Crippen LogP contribution in [0.2, 0.25) is 0 Å². The van der Waals surface area contributed by atoms with Gasteiger partial charge in [0.05, 0.1) is 12.2 Å². The van der Waals surface area contributed by atoms with Crippen molar-refractivity contribution in [3.8, 4) is 0 Å². The molecular weight excluding hydrogens is 443 g/mol. The van der Waals surface area contributed by atoms with E-state index in [1.54, 1.807) is 0 Å². The van der Waals surface area contributed by atoms with Gasteiger partial charge < -0.3 is 20.4 Å². The first-order chi connectivity index (χ1) is 12.1. The Kier molecular flexibility index (Phi) is 10.3. The van der Waals surface area contributed by atoms with E-state index in [0.717, 1.165) is 56.5 Å². The van der Waals surface area contributed by atoms with E-state index >= 15 is 0 Å². The minimum atomic E-state index is 0. The van der Waals surface area contributed by atoms with Gasteiger partial charge in [0.1, 0.15) is 5.82 Å². The van der Waals surface area contributed by atoms with E-state index in [-0.39, 0.29) is 29.9 Å². The zero-order chi connectivity index (χ0) is 18.1. The van der Waals surface area contributed by atoms with Crippen LogP contribution < -0.4 is 15.5 Å². The summed E-state index contributed by atoms with van der Waals surface area (Å²) >= 11 is 0. The Hall–Kier alpha value is -1.58. The van der Waals surface area contributed by atoms with Gasteiger partial charge in [-0.15, -0.1) is 24.0 Å². The fourth-order valence-corrected chi connectivity index (χ4v) is 2.72. The Morgan fingerprint density at radius 1 is 1.35 bits per heavy atom. The third kappa shape index (κ3) is 7.35. The number of carbonyl (C=O) groups excluding carboxylic acids is 1. The molecule has 0 radical (unpaired) electrons. The second kappa shape index (κ2) is 11.9. The molecule has 1 saturated heterocycles. The summed E-state index contributed by atoms with van der Waals surface area (Å²) in [6.45, 7) is 5.90. The van der Waals surface area contributed by atoms with Crippen molar-refractivity contribution in [1.29, 1.82) is 0 Å². The highest BCUT2D eigenvalue weighted by atomic mass is 127. The number of aromatic nitrogens is 1. The summed E-state index contributed by atoms with van der Waals surface area (Å²) in [6, 6.07) is 5.97. The monoisotopic (exact) mass is 474 g/mol. The van der Waals surface area contributed by atoms with Crippen LogP contribution in [0.3, 0.4) is 0 Å². The Bertz CT molecular complexity index is 593. The molecule has 26 heavy (non-hydrogen) atoms. The number of aliphatic imine (C=N–C) groups is 1. The Morgan fingerprint density at radius 2 is 2.15 bits per heavy atom. The van der Waals surface area contributed by atoms with Crippen molar-refractivity contribution >= 4 is 41.7 Å². The summed E-state index contributed by atoms with van der Waals surface area (Å²) in [5.74, 6) is 2.00. The molecule has 1 aliphatic rings. The summed E-state index contributed by atoms with van der Waals surface area (Å²) in [5.41, 5.74) is 0.936. The van der Waals surface area contributed by atoms with Crippen LogP contribution in [0.5, 0.6) is 0 Å². The molecule has 2 rings (SSSR count). The Labute approximate surface area is 173 Å². The number of pyridine rings is 1. The fourth-order valence-electron chi connectivity index (χ4n) is 2.72. The highest BCUT2D eigenvalue weighted by molar-refractivity contribution is 14.0. The highest BCUT2D eigenvalue weighted by Gasteiger charge is 2.18. The number of hydrogen-bond acceptors (Lipinski definition) is 4. The van der Waals surface area contributed by atoms with Crippen LogP contribution in [0.15, 0.2) is 23.2 Å². The third-order valence-corrected chi connectivity index (χ3v) is 4.06. The minimum Gasteiger partial charge on any atom is -0.363 e. The molecule has 1 amide bonds. The van der Waals surface area contributed by atoms with Gasteiger partial charge in [-0.3, -0.25) is 4.79 Å². The smallest absolute Gasteiger partial charge is 0.222 e. The molecule has 1 aromatic heterocycles. The maximum atomic E-state index is 11.6. The molecule has 2 N–H and O–H groups in total. The standard InChI is InChI=1S/C18H30N6O.HI/c1-4-19-18(20-11-7-13-24-12-6-10-17(24)25)21-14-15-8-5-9-16(22-15)23(2)3;/h5,8-9H,4,6-7,10-14H2,1-3H3,(H2,19,20,21);1H. The SMILES string of the molecule is CCNC(=NCc1cccc(N(C)C)n1)NCCCN1CCCC1=O.I. The van der Waals surface area contributed by atoms with Crippen molar-refractivity contribution < 1.29 is 4.79 Å². The lowest BCUT2D eigenvalue weighted by Crippen LogP contribution is -2.39. The minimum absolute atomic E-state index is 0. The van der Waals surface area contributed by atoms with Gasteiger partial charge in [-0.1, -0.05) is 6.07 Å². The van der Waals surface area contributed by atoms with E-state index in [4.69, 9.17) is 0 Å². The molecule has 1 fully saturated rings. The molecule has 8 heteroatoms. The van der Waals surface area contributed by atoms with E-state index in [1.165, 1.54) is 0 Å². The van der Waals surface area contributed by atoms with Crippen LogP contribution in [-0.4, -0.2) is 62.0 Å². The molecule has 2 heterocycles. The molecule has 0 unspecified atom stereocenters. The number of nitrogens with zero attached hydrogens (tertiary/aromatic N) is 4. The van der Waals surface area contributed by atoms with Crippen LogP contribution in [0, 0.1) is 0 Å². The van der Waals surface area contributed by atoms with Crippen LogP contribution >= 0.6 is 24.0 Å². The number of hydrogen-bond donors (Lipinski definition) is 2. The zero-order valence-corrected chi connectivity index (χ0v) is 18.3. The lowest BCUT2D eigenvalue weighted by atomic mass is 10.3. The number of halogens is 1. The van der Waals surface area contributed by atoms with E-state index in [0.29, 0.717) is 13.0 Å². The maximum Gasteiger partial charge on any atom is 0.222 e. The topological polar surface area (TPSA) is 72.9 Å². The predicted octanol–water partition coefficient (Wildman–Crippen LogP) is 1.83. The Balaban J connectivity index is 0.00000338. The summed E-state index contributed by atoms with van der Waals surface area (Å²) in [7, 11) is 3.96. The number of amides is 1. The molecule has 146 valence electrons. The van der Waals surface area contributed by atoms with E-state index in [1.807, 2.05) is 49.0 Å². The molecular formula is C18H31IN6O. The average molecular weight is 474 g/mol. The van der Waals surface area contributed by atoms with Crippen molar-refractivity contribution in [3.63, 3.8) is 0 Å². The van der Waals surface area contributed by atoms with Gasteiger partial charge in [0.15, 0.2) is 5.96 Å². The van der Waals surface area contributed by atoms with Crippen molar-refractivity contribution in [1.82, 2.24) is 20.5 Å². The first kappa shape index (κ1) is 22.5. The summed E-state index contributed by atoms with van der Waals surface area (Å²) < 4.78 is 0. The van der Waals surface area contributed by atoms with E-state index in [2.05, 4.69) is 20.6 Å². The molecule has 1 aliphatic heterocycles. The quantitative estimate of drug-likeness (QED) is 0.261. The normalized spacial score (nSPS) is 14.2. The van der Waals surface area contributed by atoms with Crippen molar-refractivity contribution in [2.45, 2.75) is 32.7 Å². The maximum absolute atomic E-state index is 11.6. The van der Waals surface area contributed by atoms with Crippen LogP contribution in [0.25, 0.3) is 0 Å². The second-order valence-corrected chi connectivity index (χ2v) is 6.34. The lowest BCUT2D eigenvalue weighted by molar-refractivity contribution is -0.127. The molecule has 0 spiro atoms. The molecule has 7 nitrogen and oxygen atoms in total. The number of likely N-dealkylation sites (tertiary alicyclic amines) is 1. The van der Waals surface area contributed by atoms with Crippen LogP contribution in [0.1, 0.15) is 31.9 Å². The first-order valence-electron chi connectivity index (χ1n) is 9.03. The predicted molar refractivity (Wildman–Crippen MR) is 117 cm³/mol. The van der Waals surface area contributed by atoms with Gasteiger partial charge in [0.2, 0.25) is 5.91 Å². The molecule has 0 aliphatic carbocycles. The number of anilines is 1. The molecule has 0 bridgehead atoms. The number of guanidine groups is 1. The van der Waals surface area contributed by atoms with Gasteiger partial charge in [-0.2, -0.15) is 0 Å². The zero-order valence-electron chi connectivity index (χ0n) is 16.0. The van der Waals surface area contributed by atoms with Crippen molar-refractivity contribution in [2.24, 2.45) is 4.99 Å². The summed E-state index contributed by atoms with van der Waals surface area (Å²) in [5, 5.41) is 6.58. The van der Waals surface area contributed by atoms with Gasteiger partial charge >= 0.3 is 0 Å². The summed E-state index contributed by atoms with van der Waals surface area (Å²) in [6.07, 6.45) is 2.62. The largest absolute Gasteiger partial charge is 0.363 e. The van der Waals surface area contributed by atoms with Crippen LogP contribution in [-0.2, 0) is 11.3 Å². The second-order valence-electron chi connectivity index (χ2n) is 6.34. The van der Waals surface area contributed by atoms with E-state index < -0.39 is 0 Å². The molecule has 0 saturated carbocycles. The Morgan fingerprint density at radius 3 is 2.81 bits per heavy atom. The number of rotatable bonds is 8. The molecule has 0 aromatic carbocycles. The first-order valence-corrected chi connectivity index (χ1v) is 9.03. The number of nitrogens with one attached hydrogen (secondary N) is 2. The highest BCUT2D eigenvalue weighted by Crippen LogP contribution is 2.09. The van der Waals surface area contributed by atoms with Crippen LogP contribution in [0.4, 0.5) is 5.82 Å². The number of carbonyl (C=O) groups is 1. The van der Waals surface area contributed by atoms with Crippen molar-refractivity contribution in [3.05, 3.63) is 23.9 Å². The molecule has 0 atom stereocenters. The van der Waals surface area contributed by atoms with Gasteiger partial charge in [0, 0.05) is 46.7 Å². The van der Waals surface area contributed by atoms with Gasteiger partial charge in [-0.25, -0.2) is 9.98 Å². The lowest BCUT2D eigenvalue weighted by Gasteiger charge is -2.16. The summed E-state index contributed by atoms with van der Waals surface area (Å²) in [4.78, 5) is 24.7. The van der Waals surface area contributed by atoms with Crippen molar-refractivity contribution in [2.75, 3.05) is 45.2 Å². The fraction of sp³-hybridized carbons (Fsp3) is 0.611. The van der Waals surface area contributed by atoms with Gasteiger partial charge in [0.25, 0.3) is 0 Å². The third-order valence-electron chi connectivity index (χ3n) is 4.06.